The summed E-state index contributed by atoms with van der Waals surface area (Å²) in [4.78, 5) is 25.5. The van der Waals surface area contributed by atoms with E-state index in [0.717, 1.165) is 46.4 Å². The second-order valence-electron chi connectivity index (χ2n) is 9.51. The molecular weight excluding hydrogens is 392 g/mol. The van der Waals surface area contributed by atoms with Gasteiger partial charge in [-0.3, -0.25) is 14.2 Å². The van der Waals surface area contributed by atoms with Crippen molar-refractivity contribution in [2.75, 3.05) is 12.1 Å². The molecule has 1 aliphatic heterocycles. The van der Waals surface area contributed by atoms with Crippen LogP contribution in [0.2, 0.25) is 0 Å². The van der Waals surface area contributed by atoms with Crippen molar-refractivity contribution in [2.45, 2.75) is 51.4 Å². The molecule has 0 saturated heterocycles. The molecule has 2 heterocycles. The van der Waals surface area contributed by atoms with Crippen molar-refractivity contribution in [1.82, 2.24) is 4.57 Å². The molecule has 6 nitrogen and oxygen atoms in total. The number of rotatable bonds is 3. The lowest BCUT2D eigenvalue weighted by Gasteiger charge is -2.20. The summed E-state index contributed by atoms with van der Waals surface area (Å²) in [7, 11) is 0. The van der Waals surface area contributed by atoms with E-state index in [2.05, 4.69) is 26.1 Å². The Hall–Kier alpha value is -3.28. The molecule has 0 bridgehead atoms. The SMILES string of the molecule is CC(=O)n1c(C(C)(C)C)cc2cc(NC(=O)C3(c4ccc5c(c4)OCO5)CC3)ccc21. The van der Waals surface area contributed by atoms with Crippen LogP contribution in [0.1, 0.15) is 56.6 Å². The predicted octanol–water partition coefficient (Wildman–Crippen LogP) is 5.00. The Morgan fingerprint density at radius 2 is 1.74 bits per heavy atom. The maximum absolute atomic E-state index is 13.2. The first kappa shape index (κ1) is 19.7. The summed E-state index contributed by atoms with van der Waals surface area (Å²) >= 11 is 0. The van der Waals surface area contributed by atoms with Gasteiger partial charge in [0.1, 0.15) is 0 Å². The van der Waals surface area contributed by atoms with Gasteiger partial charge in [0.15, 0.2) is 11.5 Å². The van der Waals surface area contributed by atoms with Crippen molar-refractivity contribution >= 4 is 28.4 Å². The Morgan fingerprint density at radius 1 is 1.00 bits per heavy atom. The van der Waals surface area contributed by atoms with Crippen molar-refractivity contribution in [3.05, 3.63) is 53.7 Å². The summed E-state index contributed by atoms with van der Waals surface area (Å²) in [6.07, 6.45) is 1.60. The van der Waals surface area contributed by atoms with E-state index >= 15 is 0 Å². The standard InChI is InChI=1S/C25H26N2O4/c1-15(28)27-19-7-6-18(11-16(19)12-22(27)24(2,3)4)26-23(29)25(9-10-25)17-5-8-20-21(13-17)31-14-30-20/h5-8,11-13H,9-10,14H2,1-4H3,(H,26,29). The molecule has 1 aromatic heterocycles. The number of nitrogens with one attached hydrogen (secondary N) is 1. The van der Waals surface area contributed by atoms with Crippen LogP contribution in [0.15, 0.2) is 42.5 Å². The van der Waals surface area contributed by atoms with Gasteiger partial charge in [0.05, 0.1) is 10.9 Å². The van der Waals surface area contributed by atoms with Gasteiger partial charge >= 0.3 is 0 Å². The molecule has 0 spiro atoms. The molecular formula is C25H26N2O4. The highest BCUT2D eigenvalue weighted by Crippen LogP contribution is 2.51. The van der Waals surface area contributed by atoms with Crippen LogP contribution < -0.4 is 14.8 Å². The Balaban J connectivity index is 1.45. The van der Waals surface area contributed by atoms with Crippen LogP contribution in [0, 0.1) is 0 Å². The van der Waals surface area contributed by atoms with Gasteiger partial charge in [0.25, 0.3) is 0 Å². The van der Waals surface area contributed by atoms with Crippen LogP contribution in [0.25, 0.3) is 10.9 Å². The minimum Gasteiger partial charge on any atom is -0.454 e. The quantitative estimate of drug-likeness (QED) is 0.650. The first-order chi connectivity index (χ1) is 14.7. The fraction of sp³-hybridized carbons (Fsp3) is 0.360. The summed E-state index contributed by atoms with van der Waals surface area (Å²) in [6, 6.07) is 13.5. The smallest absolute Gasteiger partial charge is 0.235 e. The van der Waals surface area contributed by atoms with Crippen LogP contribution in [-0.2, 0) is 15.6 Å². The number of carbonyl (C=O) groups excluding carboxylic acids is 2. The third-order valence-corrected chi connectivity index (χ3v) is 6.25. The first-order valence-corrected chi connectivity index (χ1v) is 10.6. The number of fused-ring (bicyclic) bond motifs is 2. The van der Waals surface area contributed by atoms with Gasteiger partial charge < -0.3 is 14.8 Å². The van der Waals surface area contributed by atoms with Crippen LogP contribution in [0.5, 0.6) is 11.5 Å². The number of ether oxygens (including phenoxy) is 2. The Labute approximate surface area is 181 Å². The molecule has 1 amide bonds. The lowest BCUT2D eigenvalue weighted by atomic mass is 9.92. The average Bonchev–Trinajstić information content (AvgIpc) is 3.22. The lowest BCUT2D eigenvalue weighted by molar-refractivity contribution is -0.118. The number of nitrogens with zero attached hydrogens (tertiary/aromatic N) is 1. The number of benzene rings is 2. The third kappa shape index (κ3) is 3.17. The molecule has 1 aliphatic carbocycles. The number of carbonyl (C=O) groups is 2. The van der Waals surface area contributed by atoms with Crippen LogP contribution in [-0.4, -0.2) is 23.2 Å². The zero-order valence-electron chi connectivity index (χ0n) is 18.2. The summed E-state index contributed by atoms with van der Waals surface area (Å²) in [5.74, 6) is 1.37. The molecule has 2 aliphatic rings. The highest BCUT2D eigenvalue weighted by atomic mass is 16.7. The van der Waals surface area contributed by atoms with Gasteiger partial charge in [-0.1, -0.05) is 26.8 Å². The van der Waals surface area contributed by atoms with Gasteiger partial charge in [-0.2, -0.15) is 0 Å². The molecule has 31 heavy (non-hydrogen) atoms. The molecule has 160 valence electrons. The third-order valence-electron chi connectivity index (χ3n) is 6.25. The Morgan fingerprint density at radius 3 is 2.42 bits per heavy atom. The lowest BCUT2D eigenvalue weighted by Crippen LogP contribution is -2.27. The molecule has 0 unspecified atom stereocenters. The molecule has 6 heteroatoms. The molecule has 1 saturated carbocycles. The average molecular weight is 418 g/mol. The van der Waals surface area contributed by atoms with Crippen LogP contribution in [0.4, 0.5) is 5.69 Å². The largest absolute Gasteiger partial charge is 0.454 e. The highest BCUT2D eigenvalue weighted by Gasteiger charge is 2.51. The van der Waals surface area contributed by atoms with E-state index in [1.54, 1.807) is 11.5 Å². The zero-order valence-corrected chi connectivity index (χ0v) is 18.2. The number of anilines is 1. The Bertz CT molecular complexity index is 1230. The zero-order chi connectivity index (χ0) is 22.0. The Kier molecular flexibility index (Phi) is 4.19. The summed E-state index contributed by atoms with van der Waals surface area (Å²) < 4.78 is 12.6. The fourth-order valence-electron chi connectivity index (χ4n) is 4.40. The van der Waals surface area contributed by atoms with Crippen LogP contribution in [0.3, 0.4) is 0 Å². The molecule has 0 atom stereocenters. The van der Waals surface area contributed by atoms with Gasteiger partial charge in [-0.25, -0.2) is 0 Å². The molecule has 1 N–H and O–H groups in total. The molecule has 0 radical (unpaired) electrons. The van der Waals surface area contributed by atoms with Crippen molar-refractivity contribution in [1.29, 1.82) is 0 Å². The van der Waals surface area contributed by atoms with Crippen molar-refractivity contribution in [3.8, 4) is 11.5 Å². The van der Waals surface area contributed by atoms with Crippen LogP contribution >= 0.6 is 0 Å². The topological polar surface area (TPSA) is 69.6 Å². The second-order valence-corrected chi connectivity index (χ2v) is 9.51. The van der Waals surface area contributed by atoms with Gasteiger partial charge in [0, 0.05) is 29.1 Å². The predicted molar refractivity (Wildman–Crippen MR) is 119 cm³/mol. The first-order valence-electron chi connectivity index (χ1n) is 10.6. The molecule has 3 aromatic rings. The van der Waals surface area contributed by atoms with E-state index in [1.165, 1.54) is 0 Å². The molecule has 2 aromatic carbocycles. The highest BCUT2D eigenvalue weighted by molar-refractivity contribution is 6.03. The van der Waals surface area contributed by atoms with Gasteiger partial charge in [-0.05, 0) is 54.8 Å². The minimum atomic E-state index is -0.530. The van der Waals surface area contributed by atoms with E-state index < -0.39 is 5.41 Å². The van der Waals surface area contributed by atoms with E-state index in [0.29, 0.717) is 5.75 Å². The van der Waals surface area contributed by atoms with E-state index in [-0.39, 0.29) is 24.0 Å². The van der Waals surface area contributed by atoms with E-state index in [9.17, 15) is 9.59 Å². The van der Waals surface area contributed by atoms with Crippen molar-refractivity contribution in [2.24, 2.45) is 0 Å². The summed E-state index contributed by atoms with van der Waals surface area (Å²) in [6.45, 7) is 8.06. The fourth-order valence-corrected chi connectivity index (χ4v) is 4.40. The monoisotopic (exact) mass is 418 g/mol. The number of hydrogen-bond acceptors (Lipinski definition) is 4. The normalized spacial score (nSPS) is 16.4. The maximum atomic E-state index is 13.2. The minimum absolute atomic E-state index is 0.0172. The second kappa shape index (κ2) is 6.61. The van der Waals surface area contributed by atoms with Gasteiger partial charge in [0.2, 0.25) is 18.6 Å². The maximum Gasteiger partial charge on any atom is 0.235 e. The molecule has 5 rings (SSSR count). The summed E-state index contributed by atoms with van der Waals surface area (Å²) in [5, 5.41) is 4.03. The number of aromatic nitrogens is 1. The van der Waals surface area contributed by atoms with Crippen molar-refractivity contribution in [3.63, 3.8) is 0 Å². The molecule has 1 fully saturated rings. The van der Waals surface area contributed by atoms with Gasteiger partial charge in [-0.15, -0.1) is 0 Å². The van der Waals surface area contributed by atoms with E-state index in [4.69, 9.17) is 9.47 Å². The van der Waals surface area contributed by atoms with Crippen molar-refractivity contribution < 1.29 is 19.1 Å². The number of hydrogen-bond donors (Lipinski definition) is 1. The van der Waals surface area contributed by atoms with E-state index in [1.807, 2.05) is 42.5 Å². The number of amides is 1. The summed E-state index contributed by atoms with van der Waals surface area (Å²) in [5.41, 5.74) is 2.78.